The Hall–Kier alpha value is -1.44. The Balaban J connectivity index is 2.20. The molecule has 1 aliphatic rings. The van der Waals surface area contributed by atoms with Crippen LogP contribution in [0.4, 0.5) is 0 Å². The smallest absolute Gasteiger partial charge is 0.251 e. The minimum atomic E-state index is -3.57. The van der Waals surface area contributed by atoms with Crippen molar-refractivity contribution in [2.24, 2.45) is 0 Å². The summed E-state index contributed by atoms with van der Waals surface area (Å²) < 4.78 is 26.3. The number of nitrogens with one attached hydrogen (secondary N) is 2. The predicted octanol–water partition coefficient (Wildman–Crippen LogP) is 2.29. The van der Waals surface area contributed by atoms with Crippen molar-refractivity contribution in [1.29, 1.82) is 0 Å². The van der Waals surface area contributed by atoms with E-state index in [0.717, 1.165) is 18.4 Å². The highest BCUT2D eigenvalue weighted by Crippen LogP contribution is 2.30. The number of hydrogen-bond donors (Lipinski definition) is 2. The van der Waals surface area contributed by atoms with Crippen LogP contribution >= 0.6 is 0 Å². The van der Waals surface area contributed by atoms with Crippen molar-refractivity contribution >= 4 is 15.9 Å². The molecule has 7 heteroatoms. The van der Waals surface area contributed by atoms with Crippen LogP contribution in [0.25, 0.3) is 0 Å². The molecule has 2 N–H and O–H groups in total. The summed E-state index contributed by atoms with van der Waals surface area (Å²) >= 11 is 0. The van der Waals surface area contributed by atoms with E-state index >= 15 is 0 Å². The van der Waals surface area contributed by atoms with Crippen molar-refractivity contribution in [1.82, 2.24) is 14.9 Å². The van der Waals surface area contributed by atoms with Gasteiger partial charge in [0.2, 0.25) is 10.0 Å². The molecule has 0 heterocycles. The summed E-state index contributed by atoms with van der Waals surface area (Å²) in [7, 11) is 1.93. The molecule has 1 aliphatic carbocycles. The summed E-state index contributed by atoms with van der Waals surface area (Å²) in [6, 6.07) is 4.64. The number of aryl methyl sites for hydroxylation is 1. The van der Waals surface area contributed by atoms with Gasteiger partial charge in [0.15, 0.2) is 0 Å². The van der Waals surface area contributed by atoms with Crippen LogP contribution in [0.3, 0.4) is 0 Å². The van der Waals surface area contributed by atoms with Crippen LogP contribution in [0.5, 0.6) is 0 Å². The van der Waals surface area contributed by atoms with Gasteiger partial charge in [-0.3, -0.25) is 4.79 Å². The van der Waals surface area contributed by atoms with Crippen LogP contribution < -0.4 is 10.0 Å². The summed E-state index contributed by atoms with van der Waals surface area (Å²) in [6.45, 7) is 2.39. The van der Waals surface area contributed by atoms with Gasteiger partial charge in [-0.2, -0.15) is 0 Å². The lowest BCUT2D eigenvalue weighted by Gasteiger charge is -2.39. The number of hydrogen-bond acceptors (Lipinski definition) is 4. The zero-order valence-corrected chi connectivity index (χ0v) is 17.1. The van der Waals surface area contributed by atoms with Crippen molar-refractivity contribution in [3.05, 3.63) is 29.3 Å². The lowest BCUT2D eigenvalue weighted by atomic mass is 9.88. The van der Waals surface area contributed by atoms with Crippen molar-refractivity contribution < 1.29 is 13.2 Å². The molecule has 2 rings (SSSR count). The van der Waals surface area contributed by atoms with Gasteiger partial charge in [0.05, 0.1) is 4.90 Å². The molecule has 1 aromatic carbocycles. The molecule has 1 saturated carbocycles. The van der Waals surface area contributed by atoms with E-state index in [1.165, 1.54) is 44.9 Å². The molecular formula is C19H31N3O3S. The molecule has 0 unspecified atom stereocenters. The van der Waals surface area contributed by atoms with Gasteiger partial charge >= 0.3 is 0 Å². The summed E-state index contributed by atoms with van der Waals surface area (Å²) in [5.41, 5.74) is 1.13. The highest BCUT2D eigenvalue weighted by atomic mass is 32.2. The predicted molar refractivity (Wildman–Crippen MR) is 104 cm³/mol. The second-order valence-electron chi connectivity index (χ2n) is 7.40. The Morgan fingerprint density at radius 1 is 1.15 bits per heavy atom. The third-order valence-corrected chi connectivity index (χ3v) is 7.01. The maximum absolute atomic E-state index is 12.8. The van der Waals surface area contributed by atoms with E-state index in [-0.39, 0.29) is 16.3 Å². The molecule has 146 valence electrons. The van der Waals surface area contributed by atoms with E-state index in [0.29, 0.717) is 12.1 Å². The number of benzene rings is 1. The van der Waals surface area contributed by atoms with Gasteiger partial charge in [-0.25, -0.2) is 13.1 Å². The van der Waals surface area contributed by atoms with E-state index < -0.39 is 10.0 Å². The lowest BCUT2D eigenvalue weighted by molar-refractivity contribution is 0.0868. The average Bonchev–Trinajstić information content (AvgIpc) is 2.86. The number of carbonyl (C=O) groups excluding carboxylic acids is 1. The van der Waals surface area contributed by atoms with Gasteiger partial charge in [0, 0.05) is 17.6 Å². The summed E-state index contributed by atoms with van der Waals surface area (Å²) in [4.78, 5) is 15.1. The molecule has 1 fully saturated rings. The Morgan fingerprint density at radius 2 is 1.77 bits per heavy atom. The van der Waals surface area contributed by atoms with E-state index in [9.17, 15) is 13.2 Å². The molecule has 1 aromatic rings. The van der Waals surface area contributed by atoms with Crippen LogP contribution in [0.15, 0.2) is 23.1 Å². The van der Waals surface area contributed by atoms with Crippen LogP contribution in [0.1, 0.15) is 54.4 Å². The minimum absolute atomic E-state index is 0.0330. The first kappa shape index (κ1) is 20.9. The molecule has 0 saturated heterocycles. The van der Waals surface area contributed by atoms with Gasteiger partial charge in [-0.15, -0.1) is 0 Å². The fraction of sp³-hybridized carbons (Fsp3) is 0.632. The van der Waals surface area contributed by atoms with Crippen molar-refractivity contribution in [2.75, 3.05) is 27.7 Å². The number of amides is 1. The molecule has 0 aromatic heterocycles. The Bertz CT molecular complexity index is 736. The van der Waals surface area contributed by atoms with E-state index in [4.69, 9.17) is 0 Å². The maximum atomic E-state index is 12.8. The lowest BCUT2D eigenvalue weighted by Crippen LogP contribution is -2.52. The Morgan fingerprint density at radius 3 is 2.31 bits per heavy atom. The SMILES string of the molecule is CNS(=O)(=O)c1ccc(C)c(C(=O)NCC2(N(C)C)CCCCCC2)c1. The van der Waals surface area contributed by atoms with Gasteiger partial charge in [0.1, 0.15) is 0 Å². The maximum Gasteiger partial charge on any atom is 0.251 e. The number of likely N-dealkylation sites (N-methyl/N-ethyl adjacent to an activating group) is 1. The first-order valence-corrected chi connectivity index (χ1v) is 10.7. The third kappa shape index (κ3) is 4.64. The fourth-order valence-electron chi connectivity index (χ4n) is 3.64. The van der Waals surface area contributed by atoms with Gasteiger partial charge in [-0.1, -0.05) is 31.7 Å². The minimum Gasteiger partial charge on any atom is -0.350 e. The normalized spacial score (nSPS) is 17.7. The summed E-state index contributed by atoms with van der Waals surface area (Å²) in [5, 5.41) is 3.06. The number of nitrogens with zero attached hydrogens (tertiary/aromatic N) is 1. The number of carbonyl (C=O) groups is 1. The third-order valence-electron chi connectivity index (χ3n) is 5.59. The second kappa shape index (κ2) is 8.50. The quantitative estimate of drug-likeness (QED) is 0.741. The highest BCUT2D eigenvalue weighted by molar-refractivity contribution is 7.89. The van der Waals surface area contributed by atoms with Gasteiger partial charge in [0.25, 0.3) is 5.91 Å². The second-order valence-corrected chi connectivity index (χ2v) is 9.29. The largest absolute Gasteiger partial charge is 0.350 e. The van der Waals surface area contributed by atoms with Gasteiger partial charge < -0.3 is 10.2 Å². The Kier molecular flexibility index (Phi) is 6.82. The number of sulfonamides is 1. The molecule has 6 nitrogen and oxygen atoms in total. The molecule has 1 amide bonds. The molecule has 0 aliphatic heterocycles. The highest BCUT2D eigenvalue weighted by Gasteiger charge is 2.33. The fourth-order valence-corrected chi connectivity index (χ4v) is 4.40. The van der Waals surface area contributed by atoms with Crippen LogP contribution in [0.2, 0.25) is 0 Å². The topological polar surface area (TPSA) is 78.5 Å². The zero-order valence-electron chi connectivity index (χ0n) is 16.3. The van der Waals surface area contributed by atoms with E-state index in [1.54, 1.807) is 6.07 Å². The summed E-state index contributed by atoms with van der Waals surface area (Å²) in [6.07, 6.45) is 6.95. The molecule has 26 heavy (non-hydrogen) atoms. The van der Waals surface area contributed by atoms with Gasteiger partial charge in [-0.05, 0) is 58.6 Å². The van der Waals surface area contributed by atoms with E-state index in [2.05, 4.69) is 29.0 Å². The molecule has 0 atom stereocenters. The van der Waals surface area contributed by atoms with Crippen molar-refractivity contribution in [2.45, 2.75) is 55.9 Å². The molecule has 0 radical (unpaired) electrons. The average molecular weight is 382 g/mol. The first-order chi connectivity index (χ1) is 12.2. The molecule has 0 spiro atoms. The van der Waals surface area contributed by atoms with Crippen molar-refractivity contribution in [3.63, 3.8) is 0 Å². The van der Waals surface area contributed by atoms with Crippen LogP contribution in [0, 0.1) is 6.92 Å². The summed E-state index contributed by atoms with van der Waals surface area (Å²) in [5.74, 6) is -0.221. The standard InChI is InChI=1S/C19H31N3O3S/c1-15-9-10-16(26(24,25)20-2)13-17(15)18(23)21-14-19(22(3)4)11-7-5-6-8-12-19/h9-10,13,20H,5-8,11-12,14H2,1-4H3,(H,21,23). The molecular weight excluding hydrogens is 350 g/mol. The van der Waals surface area contributed by atoms with Crippen LogP contribution in [-0.4, -0.2) is 52.5 Å². The Labute approximate surface area is 157 Å². The van der Waals surface area contributed by atoms with Crippen molar-refractivity contribution in [3.8, 4) is 0 Å². The number of rotatable bonds is 6. The molecule has 0 bridgehead atoms. The van der Waals surface area contributed by atoms with Crippen LogP contribution in [-0.2, 0) is 10.0 Å². The monoisotopic (exact) mass is 381 g/mol. The zero-order chi connectivity index (χ0) is 19.4. The van der Waals surface area contributed by atoms with E-state index in [1.807, 2.05) is 6.92 Å². The first-order valence-electron chi connectivity index (χ1n) is 9.22.